The molecule has 0 aliphatic heterocycles. The van der Waals surface area contributed by atoms with Crippen LogP contribution in [0.25, 0.3) is 0 Å². The Labute approximate surface area is 510 Å². The molecule has 0 saturated heterocycles. The monoisotopic (exact) mass is 1180 g/mol. The zero-order valence-corrected chi connectivity index (χ0v) is 56.4. The highest BCUT2D eigenvalue weighted by Crippen LogP contribution is 2.38. The quantitative estimate of drug-likeness (QED) is 0.0212. The summed E-state index contributed by atoms with van der Waals surface area (Å²) in [5, 5.41) is 3.05. The summed E-state index contributed by atoms with van der Waals surface area (Å²) < 4.78 is 30.5. The highest BCUT2D eigenvalue weighted by atomic mass is 31.2. The Morgan fingerprint density at radius 2 is 0.744 bits per heavy atom. The van der Waals surface area contributed by atoms with E-state index in [0.717, 1.165) is 64.2 Å². The highest BCUT2D eigenvalue weighted by Gasteiger charge is 2.27. The van der Waals surface area contributed by atoms with Crippen LogP contribution in [0.5, 0.6) is 0 Å². The van der Waals surface area contributed by atoms with E-state index in [1.165, 1.54) is 263 Å². The maximum atomic E-state index is 13.6. The Morgan fingerprint density at radius 1 is 0.427 bits per heavy atom. The Morgan fingerprint density at radius 3 is 1.12 bits per heavy atom. The maximum absolute atomic E-state index is 13.6. The minimum absolute atomic E-state index is 0.0191. The largest absolute Gasteiger partial charge is 0.756 e. The van der Waals surface area contributed by atoms with Crippen molar-refractivity contribution < 1.29 is 37.3 Å². The molecule has 0 aromatic rings. The number of unbranched alkanes of at least 4 members (excludes halogenated alkanes) is 46. The van der Waals surface area contributed by atoms with Crippen molar-refractivity contribution in [3.8, 4) is 0 Å². The average Bonchev–Trinajstić information content (AvgIpc) is 3.44. The highest BCUT2D eigenvalue weighted by molar-refractivity contribution is 7.45. The van der Waals surface area contributed by atoms with Gasteiger partial charge in [-0.25, -0.2) is 0 Å². The zero-order valence-electron chi connectivity index (χ0n) is 55.5. The first-order valence-electron chi connectivity index (χ1n) is 35.8. The first kappa shape index (κ1) is 80.2. The molecule has 82 heavy (non-hydrogen) atoms. The molecule has 9 nitrogen and oxygen atoms in total. The van der Waals surface area contributed by atoms with Crippen molar-refractivity contribution in [3.63, 3.8) is 0 Å². The van der Waals surface area contributed by atoms with E-state index in [1.807, 2.05) is 33.3 Å². The molecule has 0 fully saturated rings. The van der Waals surface area contributed by atoms with Gasteiger partial charge in [0, 0.05) is 12.8 Å². The number of likely N-dealkylation sites (N-methyl/N-ethyl adjacent to an activating group) is 1. The van der Waals surface area contributed by atoms with Gasteiger partial charge in [0.25, 0.3) is 7.82 Å². The first-order chi connectivity index (χ1) is 39.9. The summed E-state index contributed by atoms with van der Waals surface area (Å²) in [6.07, 6.45) is 76.9. The predicted octanol–water partition coefficient (Wildman–Crippen LogP) is 22.0. The normalized spacial score (nSPS) is 13.7. The van der Waals surface area contributed by atoms with Crippen molar-refractivity contribution >= 4 is 19.7 Å². The van der Waals surface area contributed by atoms with Crippen LogP contribution in [0.15, 0.2) is 36.5 Å². The van der Waals surface area contributed by atoms with Gasteiger partial charge in [0.15, 0.2) is 0 Å². The standard InChI is InChI=1S/C72H139N2O7P/c1-7-10-13-16-19-22-25-28-30-32-34-36-37-39-41-43-45-47-50-53-56-59-62-65-72(76)81-70(63-60-57-54-51-48-27-24-21-18-15-12-9-3)69(68-80-82(77,78)79-67-66-74(4,5)6)73-71(75)64-61-58-55-52-49-46-44-42-40-38-35-33-31-29-26-23-20-17-14-11-8-2/h19,22,28,30,60,63,69-70H,7-18,20-21,23-27,29,31-59,61-62,64-68H2,1-6H3,(H-,73,75,77,78)/b22-19-,30-28-,63-60+. The smallest absolute Gasteiger partial charge is 0.306 e. The molecule has 0 aromatic heterocycles. The molecule has 484 valence electrons. The van der Waals surface area contributed by atoms with E-state index >= 15 is 0 Å². The van der Waals surface area contributed by atoms with Gasteiger partial charge < -0.3 is 28.5 Å². The summed E-state index contributed by atoms with van der Waals surface area (Å²) in [5.74, 6) is -0.521. The number of nitrogens with zero attached hydrogens (tertiary/aromatic N) is 1. The SMILES string of the molecule is CCCCC/C=C\C/C=C\CCCCCCCCCCCCCCCC(=O)OC(/C=C/CCCCCCCCCCCC)C(COP(=O)([O-])OCC[N+](C)(C)C)NC(=O)CCCCCCCCCCCCCCCCCCCCCCC. The molecule has 0 aliphatic rings. The van der Waals surface area contributed by atoms with Crippen LogP contribution in [0.1, 0.15) is 361 Å². The Hall–Kier alpha value is -1.77. The molecule has 0 heterocycles. The molecule has 0 aromatic carbocycles. The number of allylic oxidation sites excluding steroid dienone is 5. The van der Waals surface area contributed by atoms with E-state index in [-0.39, 0.29) is 31.5 Å². The number of carbonyl (C=O) groups is 2. The molecule has 0 radical (unpaired) electrons. The fraction of sp³-hybridized carbons (Fsp3) is 0.889. The maximum Gasteiger partial charge on any atom is 0.306 e. The third kappa shape index (κ3) is 62.8. The van der Waals surface area contributed by atoms with Gasteiger partial charge in [0.1, 0.15) is 19.3 Å². The number of esters is 1. The molecular weight excluding hydrogens is 1040 g/mol. The molecule has 0 aliphatic carbocycles. The van der Waals surface area contributed by atoms with Gasteiger partial charge in [0.05, 0.1) is 33.8 Å². The van der Waals surface area contributed by atoms with E-state index in [4.69, 9.17) is 13.8 Å². The number of hydrogen-bond donors (Lipinski definition) is 1. The fourth-order valence-electron chi connectivity index (χ4n) is 10.8. The summed E-state index contributed by atoms with van der Waals surface area (Å²) in [7, 11) is 1.20. The number of phosphoric ester groups is 1. The number of hydrogen-bond acceptors (Lipinski definition) is 7. The number of quaternary nitrogens is 1. The van der Waals surface area contributed by atoms with Crippen molar-refractivity contribution in [2.75, 3.05) is 40.9 Å². The molecule has 0 rings (SSSR count). The van der Waals surface area contributed by atoms with Crippen molar-refractivity contribution in [1.82, 2.24) is 5.32 Å². The van der Waals surface area contributed by atoms with E-state index < -0.39 is 20.0 Å². The number of rotatable bonds is 66. The minimum Gasteiger partial charge on any atom is -0.756 e. The Balaban J connectivity index is 5.04. The molecule has 0 bridgehead atoms. The van der Waals surface area contributed by atoms with Gasteiger partial charge in [-0.15, -0.1) is 0 Å². The van der Waals surface area contributed by atoms with Crippen molar-refractivity contribution in [3.05, 3.63) is 36.5 Å². The molecule has 1 N–H and O–H groups in total. The summed E-state index contributed by atoms with van der Waals surface area (Å²) in [6, 6.07) is -0.885. The first-order valence-corrected chi connectivity index (χ1v) is 37.3. The second kappa shape index (κ2) is 62.3. The van der Waals surface area contributed by atoms with Crippen LogP contribution in [-0.2, 0) is 27.9 Å². The third-order valence-electron chi connectivity index (χ3n) is 16.3. The lowest BCUT2D eigenvalue weighted by Gasteiger charge is -2.30. The van der Waals surface area contributed by atoms with Gasteiger partial charge in [-0.3, -0.25) is 14.2 Å². The lowest BCUT2D eigenvalue weighted by atomic mass is 10.0. The van der Waals surface area contributed by atoms with Crippen LogP contribution in [0.2, 0.25) is 0 Å². The average molecular weight is 1180 g/mol. The molecule has 0 spiro atoms. The van der Waals surface area contributed by atoms with E-state index in [9.17, 15) is 19.0 Å². The van der Waals surface area contributed by atoms with Crippen LogP contribution >= 0.6 is 7.82 Å². The summed E-state index contributed by atoms with van der Waals surface area (Å²) in [6.45, 7) is 6.88. The second-order valence-corrected chi connectivity index (χ2v) is 27.2. The molecule has 3 atom stereocenters. The minimum atomic E-state index is -4.70. The zero-order chi connectivity index (χ0) is 60.0. The summed E-state index contributed by atoms with van der Waals surface area (Å²) in [5.41, 5.74) is 0. The molecule has 0 saturated carbocycles. The number of nitrogens with one attached hydrogen (secondary N) is 1. The topological polar surface area (TPSA) is 114 Å². The van der Waals surface area contributed by atoms with Crippen LogP contribution < -0.4 is 10.2 Å². The number of amides is 1. The number of phosphoric acid groups is 1. The van der Waals surface area contributed by atoms with E-state index in [2.05, 4.69) is 50.4 Å². The lowest BCUT2D eigenvalue weighted by Crippen LogP contribution is -2.47. The molecule has 10 heteroatoms. The third-order valence-corrected chi connectivity index (χ3v) is 17.3. The second-order valence-electron chi connectivity index (χ2n) is 25.7. The van der Waals surface area contributed by atoms with Crippen LogP contribution in [0, 0.1) is 0 Å². The predicted molar refractivity (Wildman–Crippen MR) is 353 cm³/mol. The Kier molecular flexibility index (Phi) is 60.9. The number of ether oxygens (including phenoxy) is 1. The van der Waals surface area contributed by atoms with Gasteiger partial charge >= 0.3 is 5.97 Å². The van der Waals surface area contributed by atoms with Crippen molar-refractivity contribution in [1.29, 1.82) is 0 Å². The van der Waals surface area contributed by atoms with Gasteiger partial charge in [-0.05, 0) is 63.9 Å². The summed E-state index contributed by atoms with van der Waals surface area (Å²) >= 11 is 0. The van der Waals surface area contributed by atoms with E-state index in [0.29, 0.717) is 17.4 Å². The molecule has 3 unspecified atom stereocenters. The lowest BCUT2D eigenvalue weighted by molar-refractivity contribution is -0.870. The van der Waals surface area contributed by atoms with Crippen molar-refractivity contribution in [2.24, 2.45) is 0 Å². The van der Waals surface area contributed by atoms with Gasteiger partial charge in [-0.1, -0.05) is 321 Å². The molecular formula is C72H139N2O7P. The van der Waals surface area contributed by atoms with E-state index in [1.54, 1.807) is 0 Å². The number of carbonyl (C=O) groups excluding carboxylic acids is 2. The Bertz CT molecular complexity index is 1500. The van der Waals surface area contributed by atoms with Gasteiger partial charge in [0.2, 0.25) is 5.91 Å². The summed E-state index contributed by atoms with van der Waals surface area (Å²) in [4.78, 5) is 40.2. The van der Waals surface area contributed by atoms with Gasteiger partial charge in [-0.2, -0.15) is 0 Å². The van der Waals surface area contributed by atoms with Crippen LogP contribution in [-0.4, -0.2) is 69.4 Å². The fourth-order valence-corrected chi connectivity index (χ4v) is 11.5. The van der Waals surface area contributed by atoms with Crippen LogP contribution in [0.4, 0.5) is 0 Å². The van der Waals surface area contributed by atoms with Crippen molar-refractivity contribution in [2.45, 2.75) is 373 Å². The van der Waals surface area contributed by atoms with Crippen LogP contribution in [0.3, 0.4) is 0 Å². The molecule has 1 amide bonds.